The number of rotatable bonds is 8. The molecule has 7 heteroatoms. The molecule has 0 saturated heterocycles. The fraction of sp³-hybridized carbons (Fsp3) is 0.125. The lowest BCUT2D eigenvalue weighted by Gasteiger charge is -2.27. The zero-order chi connectivity index (χ0) is 22.1. The van der Waals surface area contributed by atoms with E-state index in [2.05, 4.69) is 10.5 Å². The molecule has 0 spiro atoms. The molecule has 0 heterocycles. The average Bonchev–Trinajstić information content (AvgIpc) is 2.83. The van der Waals surface area contributed by atoms with Crippen molar-refractivity contribution in [2.24, 2.45) is 5.10 Å². The molecule has 0 aliphatic rings. The van der Waals surface area contributed by atoms with Crippen molar-refractivity contribution in [2.45, 2.75) is 5.60 Å². The number of aliphatic hydroxyl groups is 1. The second kappa shape index (κ2) is 10.1. The van der Waals surface area contributed by atoms with Gasteiger partial charge in [-0.2, -0.15) is 10.4 Å². The lowest BCUT2D eigenvalue weighted by molar-refractivity contribution is -0.136. The smallest absolute Gasteiger partial charge is 0.281 e. The van der Waals surface area contributed by atoms with Gasteiger partial charge >= 0.3 is 0 Å². The van der Waals surface area contributed by atoms with Gasteiger partial charge in [-0.25, -0.2) is 5.43 Å². The molecular formula is C24H21N3O4. The van der Waals surface area contributed by atoms with Crippen molar-refractivity contribution in [3.63, 3.8) is 0 Å². The highest BCUT2D eigenvalue weighted by molar-refractivity contribution is 5.91. The van der Waals surface area contributed by atoms with E-state index in [0.29, 0.717) is 28.2 Å². The number of hydrazone groups is 1. The SMILES string of the molecule is COc1cc(/C=N\NC(=O)C(O)(c2ccccc2)c2ccccc2)ccc1OCC#N. The number of methoxy groups -OCH3 is 1. The Balaban J connectivity index is 1.82. The first-order valence-electron chi connectivity index (χ1n) is 9.44. The number of ether oxygens (including phenoxy) is 2. The van der Waals surface area contributed by atoms with Crippen LogP contribution in [0.5, 0.6) is 11.5 Å². The maximum Gasteiger partial charge on any atom is 0.281 e. The van der Waals surface area contributed by atoms with E-state index in [9.17, 15) is 9.90 Å². The Morgan fingerprint density at radius 3 is 2.23 bits per heavy atom. The van der Waals surface area contributed by atoms with Crippen LogP contribution in [0.1, 0.15) is 16.7 Å². The summed E-state index contributed by atoms with van der Waals surface area (Å²) < 4.78 is 10.5. The Hall–Kier alpha value is -4.15. The Morgan fingerprint density at radius 1 is 1.06 bits per heavy atom. The zero-order valence-electron chi connectivity index (χ0n) is 16.9. The van der Waals surface area contributed by atoms with Crippen molar-refractivity contribution in [1.29, 1.82) is 5.26 Å². The number of nitrogens with zero attached hydrogens (tertiary/aromatic N) is 2. The van der Waals surface area contributed by atoms with Gasteiger partial charge in [0.25, 0.3) is 5.91 Å². The summed E-state index contributed by atoms with van der Waals surface area (Å²) in [6.45, 7) is -0.0998. The summed E-state index contributed by atoms with van der Waals surface area (Å²) in [6.07, 6.45) is 1.42. The first-order chi connectivity index (χ1) is 15.1. The van der Waals surface area contributed by atoms with Crippen LogP contribution in [-0.2, 0) is 10.4 Å². The van der Waals surface area contributed by atoms with Crippen molar-refractivity contribution < 1.29 is 19.4 Å². The van der Waals surface area contributed by atoms with E-state index in [1.807, 2.05) is 18.2 Å². The Labute approximate surface area is 180 Å². The highest BCUT2D eigenvalue weighted by Crippen LogP contribution is 2.30. The maximum absolute atomic E-state index is 13.0. The maximum atomic E-state index is 13.0. The summed E-state index contributed by atoms with van der Waals surface area (Å²) in [4.78, 5) is 13.0. The Kier molecular flexibility index (Phi) is 6.99. The number of nitriles is 1. The topological polar surface area (TPSA) is 104 Å². The number of hydrogen-bond donors (Lipinski definition) is 2. The highest BCUT2D eigenvalue weighted by Gasteiger charge is 2.39. The molecule has 1 amide bonds. The van der Waals surface area contributed by atoms with Gasteiger partial charge in [-0.1, -0.05) is 60.7 Å². The minimum absolute atomic E-state index is 0.0998. The number of amides is 1. The van der Waals surface area contributed by atoms with Crippen LogP contribution < -0.4 is 14.9 Å². The van der Waals surface area contributed by atoms with Crippen LogP contribution in [0.3, 0.4) is 0 Å². The number of nitrogens with one attached hydrogen (secondary N) is 1. The predicted molar refractivity (Wildman–Crippen MR) is 116 cm³/mol. The standard InChI is InChI=1S/C24H21N3O4/c1-30-22-16-18(12-13-21(22)31-15-14-25)17-26-27-23(28)24(29,19-8-4-2-5-9-19)20-10-6-3-7-11-20/h2-13,16-17,29H,15H2,1H3,(H,27,28)/b26-17-. The zero-order valence-corrected chi connectivity index (χ0v) is 16.9. The van der Waals surface area contributed by atoms with E-state index in [1.165, 1.54) is 13.3 Å². The van der Waals surface area contributed by atoms with Crippen LogP contribution in [-0.4, -0.2) is 30.9 Å². The normalized spacial score (nSPS) is 11.0. The number of carbonyl (C=O) groups excluding carboxylic acids is 1. The van der Waals surface area contributed by atoms with Gasteiger partial charge in [-0.3, -0.25) is 4.79 Å². The molecule has 31 heavy (non-hydrogen) atoms. The molecule has 0 saturated carbocycles. The summed E-state index contributed by atoms with van der Waals surface area (Å²) in [5, 5.41) is 24.0. The second-order valence-electron chi connectivity index (χ2n) is 6.50. The van der Waals surface area contributed by atoms with Crippen molar-refractivity contribution in [3.8, 4) is 17.6 Å². The largest absolute Gasteiger partial charge is 0.493 e. The van der Waals surface area contributed by atoms with E-state index in [4.69, 9.17) is 14.7 Å². The van der Waals surface area contributed by atoms with Crippen molar-refractivity contribution in [2.75, 3.05) is 13.7 Å². The Morgan fingerprint density at radius 2 is 1.68 bits per heavy atom. The third-order valence-corrected chi connectivity index (χ3v) is 4.57. The van der Waals surface area contributed by atoms with Gasteiger partial charge in [0.05, 0.1) is 13.3 Å². The van der Waals surface area contributed by atoms with Crippen LogP contribution in [0.4, 0.5) is 0 Å². The van der Waals surface area contributed by atoms with Crippen LogP contribution >= 0.6 is 0 Å². The van der Waals surface area contributed by atoms with Crippen LogP contribution in [0.2, 0.25) is 0 Å². The lowest BCUT2D eigenvalue weighted by Crippen LogP contribution is -2.43. The summed E-state index contributed by atoms with van der Waals surface area (Å²) in [5.41, 5.74) is 1.99. The molecule has 0 aromatic heterocycles. The highest BCUT2D eigenvalue weighted by atomic mass is 16.5. The monoisotopic (exact) mass is 415 g/mol. The molecular weight excluding hydrogens is 394 g/mol. The van der Waals surface area contributed by atoms with E-state index in [1.54, 1.807) is 66.7 Å². The molecule has 0 unspecified atom stereocenters. The fourth-order valence-electron chi connectivity index (χ4n) is 3.03. The molecule has 7 nitrogen and oxygen atoms in total. The molecule has 3 aromatic rings. The molecule has 156 valence electrons. The molecule has 0 radical (unpaired) electrons. The summed E-state index contributed by atoms with van der Waals surface area (Å²) in [5.74, 6) is 0.158. The van der Waals surface area contributed by atoms with E-state index < -0.39 is 11.5 Å². The third-order valence-electron chi connectivity index (χ3n) is 4.57. The van der Waals surface area contributed by atoms with Gasteiger partial charge in [0.1, 0.15) is 6.07 Å². The van der Waals surface area contributed by atoms with Crippen LogP contribution in [0, 0.1) is 11.3 Å². The molecule has 0 atom stereocenters. The van der Waals surface area contributed by atoms with Crippen LogP contribution in [0.25, 0.3) is 0 Å². The number of carbonyl (C=O) groups is 1. The van der Waals surface area contributed by atoms with Gasteiger partial charge in [0.2, 0.25) is 0 Å². The summed E-state index contributed by atoms with van der Waals surface area (Å²) in [6, 6.07) is 24.2. The van der Waals surface area contributed by atoms with E-state index in [-0.39, 0.29) is 6.61 Å². The molecule has 0 fully saturated rings. The number of hydrogen-bond acceptors (Lipinski definition) is 6. The van der Waals surface area contributed by atoms with Gasteiger partial charge in [-0.05, 0) is 34.9 Å². The van der Waals surface area contributed by atoms with Gasteiger partial charge in [-0.15, -0.1) is 0 Å². The lowest BCUT2D eigenvalue weighted by atomic mass is 9.85. The Bertz CT molecular complexity index is 1050. The van der Waals surface area contributed by atoms with Crippen molar-refractivity contribution >= 4 is 12.1 Å². The van der Waals surface area contributed by atoms with Gasteiger partial charge in [0, 0.05) is 0 Å². The van der Waals surface area contributed by atoms with Gasteiger partial charge in [0.15, 0.2) is 23.7 Å². The van der Waals surface area contributed by atoms with Crippen LogP contribution in [0.15, 0.2) is 84.0 Å². The molecule has 0 aliphatic heterocycles. The predicted octanol–water partition coefficient (Wildman–Crippen LogP) is 2.98. The van der Waals surface area contributed by atoms with E-state index in [0.717, 1.165) is 0 Å². The molecule has 3 aromatic carbocycles. The van der Waals surface area contributed by atoms with Crippen molar-refractivity contribution in [3.05, 3.63) is 95.6 Å². The summed E-state index contributed by atoms with van der Waals surface area (Å²) in [7, 11) is 1.48. The van der Waals surface area contributed by atoms with Gasteiger partial charge < -0.3 is 14.6 Å². The minimum atomic E-state index is -1.91. The first kappa shape index (κ1) is 21.6. The molecule has 0 aliphatic carbocycles. The summed E-state index contributed by atoms with van der Waals surface area (Å²) >= 11 is 0. The third kappa shape index (κ3) is 4.89. The quantitative estimate of drug-likeness (QED) is 0.435. The molecule has 2 N–H and O–H groups in total. The first-order valence-corrected chi connectivity index (χ1v) is 9.44. The van der Waals surface area contributed by atoms with Crippen molar-refractivity contribution in [1.82, 2.24) is 5.43 Å². The fourth-order valence-corrected chi connectivity index (χ4v) is 3.03. The number of benzene rings is 3. The molecule has 3 rings (SSSR count). The second-order valence-corrected chi connectivity index (χ2v) is 6.50. The molecule has 0 bridgehead atoms. The minimum Gasteiger partial charge on any atom is -0.493 e. The van der Waals surface area contributed by atoms with E-state index >= 15 is 0 Å². The average molecular weight is 415 g/mol.